The highest BCUT2D eigenvalue weighted by Crippen LogP contribution is 2.26. The number of fused-ring (bicyclic) bond motifs is 1. The van der Waals surface area contributed by atoms with Crippen LogP contribution in [0.5, 0.6) is 0 Å². The molecule has 0 amide bonds. The number of hydrogen-bond acceptors (Lipinski definition) is 3. The Balaban J connectivity index is 1.90. The van der Waals surface area contributed by atoms with Gasteiger partial charge in [-0.25, -0.2) is 4.98 Å². The molecule has 0 spiro atoms. The number of nitrogens with zero attached hydrogens (tertiary/aromatic N) is 1. The average Bonchev–Trinajstić information content (AvgIpc) is 2.83. The number of oxazole rings is 1. The second kappa shape index (κ2) is 5.27. The number of benzene rings is 2. The van der Waals surface area contributed by atoms with E-state index in [1.165, 1.54) is 0 Å². The Labute approximate surface area is 125 Å². The molecule has 3 nitrogen and oxygen atoms in total. The molecule has 0 N–H and O–H groups in total. The molecule has 100 valence electrons. The van der Waals surface area contributed by atoms with E-state index < -0.39 is 0 Å². The van der Waals surface area contributed by atoms with Crippen LogP contribution in [-0.2, 0) is 6.42 Å². The molecular formula is C15H9Cl2NO2. The fourth-order valence-electron chi connectivity index (χ4n) is 1.95. The maximum absolute atomic E-state index is 12.2. The fourth-order valence-corrected chi connectivity index (χ4v) is 2.35. The lowest BCUT2D eigenvalue weighted by Crippen LogP contribution is -2.04. The molecule has 0 saturated carbocycles. The predicted molar refractivity (Wildman–Crippen MR) is 78.5 cm³/mol. The Morgan fingerprint density at radius 3 is 2.70 bits per heavy atom. The normalized spacial score (nSPS) is 10.9. The van der Waals surface area contributed by atoms with Crippen LogP contribution in [0, 0.1) is 0 Å². The lowest BCUT2D eigenvalue weighted by Gasteiger charge is -2.02. The maximum Gasteiger partial charge on any atom is 0.203 e. The molecule has 5 heteroatoms. The molecule has 2 aromatic carbocycles. The van der Waals surface area contributed by atoms with Crippen molar-refractivity contribution in [1.82, 2.24) is 4.98 Å². The fraction of sp³-hybridized carbons (Fsp3) is 0.0667. The standard InChI is InChI=1S/C15H9Cl2NO2/c16-10-5-3-4-9(15(10)17)12(19)8-14-18-11-6-1-2-7-13(11)20-14/h1-7H,8H2. The summed E-state index contributed by atoms with van der Waals surface area (Å²) in [5.74, 6) is 0.191. The van der Waals surface area contributed by atoms with Gasteiger partial charge < -0.3 is 4.42 Å². The van der Waals surface area contributed by atoms with Gasteiger partial charge in [0.2, 0.25) is 5.89 Å². The van der Waals surface area contributed by atoms with Crippen molar-refractivity contribution in [3.05, 3.63) is 64.0 Å². The summed E-state index contributed by atoms with van der Waals surface area (Å²) in [6.07, 6.45) is 0.0503. The van der Waals surface area contributed by atoms with Crippen molar-refractivity contribution >= 4 is 40.1 Å². The van der Waals surface area contributed by atoms with E-state index in [9.17, 15) is 4.79 Å². The van der Waals surface area contributed by atoms with Crippen molar-refractivity contribution in [2.75, 3.05) is 0 Å². The number of aromatic nitrogens is 1. The van der Waals surface area contributed by atoms with Crippen molar-refractivity contribution in [3.8, 4) is 0 Å². The van der Waals surface area contributed by atoms with E-state index in [0.717, 1.165) is 5.52 Å². The molecule has 0 saturated heterocycles. The number of carbonyl (C=O) groups excluding carboxylic acids is 1. The first-order chi connectivity index (χ1) is 9.65. The van der Waals surface area contributed by atoms with Gasteiger partial charge in [0.25, 0.3) is 0 Å². The van der Waals surface area contributed by atoms with Crippen LogP contribution in [-0.4, -0.2) is 10.8 Å². The van der Waals surface area contributed by atoms with E-state index in [0.29, 0.717) is 22.1 Å². The van der Waals surface area contributed by atoms with Gasteiger partial charge in [-0.2, -0.15) is 0 Å². The molecular weight excluding hydrogens is 297 g/mol. The Hall–Kier alpha value is -1.84. The Morgan fingerprint density at radius 2 is 1.90 bits per heavy atom. The van der Waals surface area contributed by atoms with Crippen LogP contribution in [0.25, 0.3) is 11.1 Å². The van der Waals surface area contributed by atoms with Crippen molar-refractivity contribution in [3.63, 3.8) is 0 Å². The Kier molecular flexibility index (Phi) is 3.47. The summed E-state index contributed by atoms with van der Waals surface area (Å²) in [6, 6.07) is 12.3. The summed E-state index contributed by atoms with van der Waals surface area (Å²) in [5.41, 5.74) is 1.77. The van der Waals surface area contributed by atoms with Gasteiger partial charge in [-0.1, -0.05) is 41.4 Å². The first kappa shape index (κ1) is 13.2. The van der Waals surface area contributed by atoms with Gasteiger partial charge in [0.05, 0.1) is 16.5 Å². The van der Waals surface area contributed by atoms with Gasteiger partial charge in [-0.05, 0) is 24.3 Å². The van der Waals surface area contributed by atoms with E-state index >= 15 is 0 Å². The maximum atomic E-state index is 12.2. The lowest BCUT2D eigenvalue weighted by molar-refractivity contribution is 0.0986. The molecule has 0 bridgehead atoms. The van der Waals surface area contributed by atoms with Gasteiger partial charge in [0, 0.05) is 5.56 Å². The minimum Gasteiger partial charge on any atom is -0.440 e. The van der Waals surface area contributed by atoms with Crippen molar-refractivity contribution in [2.24, 2.45) is 0 Å². The number of carbonyl (C=O) groups is 1. The number of hydrogen-bond donors (Lipinski definition) is 0. The van der Waals surface area contributed by atoms with Crippen LogP contribution in [0.15, 0.2) is 46.9 Å². The van der Waals surface area contributed by atoms with Crippen LogP contribution in [0.4, 0.5) is 0 Å². The quantitative estimate of drug-likeness (QED) is 0.666. The van der Waals surface area contributed by atoms with E-state index in [1.54, 1.807) is 18.2 Å². The van der Waals surface area contributed by atoms with Crippen molar-refractivity contribution in [2.45, 2.75) is 6.42 Å². The van der Waals surface area contributed by atoms with E-state index in [4.69, 9.17) is 27.6 Å². The molecule has 3 aromatic rings. The molecule has 1 aromatic heterocycles. The first-order valence-electron chi connectivity index (χ1n) is 5.97. The molecule has 20 heavy (non-hydrogen) atoms. The summed E-state index contributed by atoms with van der Waals surface area (Å²) >= 11 is 11.9. The highest BCUT2D eigenvalue weighted by Gasteiger charge is 2.16. The summed E-state index contributed by atoms with van der Waals surface area (Å²) in [7, 11) is 0. The number of rotatable bonds is 3. The highest BCUT2D eigenvalue weighted by molar-refractivity contribution is 6.43. The molecule has 0 aliphatic carbocycles. The van der Waals surface area contributed by atoms with Crippen molar-refractivity contribution < 1.29 is 9.21 Å². The third kappa shape index (κ3) is 2.42. The smallest absolute Gasteiger partial charge is 0.203 e. The molecule has 1 heterocycles. The van der Waals surface area contributed by atoms with Crippen LogP contribution < -0.4 is 0 Å². The molecule has 0 aliphatic heterocycles. The van der Waals surface area contributed by atoms with E-state index in [2.05, 4.69) is 4.98 Å². The van der Waals surface area contributed by atoms with Crippen LogP contribution in [0.3, 0.4) is 0 Å². The second-order valence-electron chi connectivity index (χ2n) is 4.28. The van der Waals surface area contributed by atoms with Gasteiger partial charge >= 0.3 is 0 Å². The Bertz CT molecular complexity index is 762. The number of ketones is 1. The largest absolute Gasteiger partial charge is 0.440 e. The zero-order valence-electron chi connectivity index (χ0n) is 10.3. The summed E-state index contributed by atoms with van der Waals surface area (Å²) in [6.45, 7) is 0. The second-order valence-corrected chi connectivity index (χ2v) is 5.06. The molecule has 3 rings (SSSR count). The summed E-state index contributed by atoms with van der Waals surface area (Å²) in [5, 5.41) is 0.616. The van der Waals surface area contributed by atoms with E-state index in [-0.39, 0.29) is 17.2 Å². The van der Waals surface area contributed by atoms with Crippen LogP contribution >= 0.6 is 23.2 Å². The zero-order chi connectivity index (χ0) is 14.1. The molecule has 0 aliphatic rings. The van der Waals surface area contributed by atoms with E-state index in [1.807, 2.05) is 24.3 Å². The minimum absolute atomic E-state index is 0.0503. The van der Waals surface area contributed by atoms with Crippen LogP contribution in [0.2, 0.25) is 10.0 Å². The molecule has 0 radical (unpaired) electrons. The summed E-state index contributed by atoms with van der Waals surface area (Å²) in [4.78, 5) is 16.5. The molecule has 0 unspecified atom stereocenters. The average molecular weight is 306 g/mol. The lowest BCUT2D eigenvalue weighted by atomic mass is 10.1. The SMILES string of the molecule is O=C(Cc1nc2ccccc2o1)c1cccc(Cl)c1Cl. The van der Waals surface area contributed by atoms with Gasteiger partial charge in [0.1, 0.15) is 5.52 Å². The topological polar surface area (TPSA) is 43.1 Å². The molecule has 0 fully saturated rings. The third-order valence-electron chi connectivity index (χ3n) is 2.90. The van der Waals surface area contributed by atoms with Gasteiger partial charge in [-0.15, -0.1) is 0 Å². The number of Topliss-reactive ketones (excluding diaryl/α,β-unsaturated/α-hetero) is 1. The third-order valence-corrected chi connectivity index (χ3v) is 3.72. The Morgan fingerprint density at radius 1 is 1.10 bits per heavy atom. The van der Waals surface area contributed by atoms with Gasteiger partial charge in [-0.3, -0.25) is 4.79 Å². The van der Waals surface area contributed by atoms with Crippen LogP contribution in [0.1, 0.15) is 16.2 Å². The monoisotopic (exact) mass is 305 g/mol. The predicted octanol–water partition coefficient (Wildman–Crippen LogP) is 4.56. The minimum atomic E-state index is -0.177. The highest BCUT2D eigenvalue weighted by atomic mass is 35.5. The molecule has 0 atom stereocenters. The zero-order valence-corrected chi connectivity index (χ0v) is 11.8. The summed E-state index contributed by atoms with van der Waals surface area (Å²) < 4.78 is 5.52. The first-order valence-corrected chi connectivity index (χ1v) is 6.72. The van der Waals surface area contributed by atoms with Gasteiger partial charge in [0.15, 0.2) is 11.4 Å². The number of para-hydroxylation sites is 2. The number of halogens is 2. The van der Waals surface area contributed by atoms with Crippen molar-refractivity contribution in [1.29, 1.82) is 0 Å².